The van der Waals surface area contributed by atoms with Gasteiger partial charge >= 0.3 is 155 Å². The van der Waals surface area contributed by atoms with Crippen LogP contribution in [-0.4, -0.2) is 13.6 Å². The first kappa shape index (κ1) is 20.8. The van der Waals surface area contributed by atoms with Crippen LogP contribution in [0.5, 0.6) is 0 Å². The predicted molar refractivity (Wildman–Crippen MR) is 113 cm³/mol. The second-order valence-electron chi connectivity index (χ2n) is 6.60. The molecule has 0 aliphatic rings. The van der Waals surface area contributed by atoms with E-state index < -0.39 is 13.6 Å². The minimum Gasteiger partial charge on any atom is -1.00 e. The maximum atomic E-state index is 2.37. The standard InChI is InChI=1S/C24H28As.ClH/c1-2-3-4-14-21-25(22-15-8-5-9-16-22,23-17-10-6-11-18-23)24-19-12-7-13-20-24;/h5-13,15-20H,2-4,14,21H2,1H3;1H/q+1;/p-1. The number of halogens is 1. The normalized spacial score (nSPS) is 11.0. The van der Waals surface area contributed by atoms with Gasteiger partial charge in [0.05, 0.1) is 0 Å². The Hall–Kier alpha value is -1.49. The minimum atomic E-state index is -2.43. The number of unbranched alkanes of at least 4 members (excludes halogenated alkanes) is 3. The molecule has 0 radical (unpaired) electrons. The van der Waals surface area contributed by atoms with Gasteiger partial charge in [-0.2, -0.15) is 0 Å². The Labute approximate surface area is 167 Å². The van der Waals surface area contributed by atoms with Crippen molar-refractivity contribution in [1.29, 1.82) is 0 Å². The van der Waals surface area contributed by atoms with Crippen LogP contribution in [0.1, 0.15) is 32.6 Å². The van der Waals surface area contributed by atoms with E-state index in [0.29, 0.717) is 0 Å². The molecule has 0 saturated carbocycles. The first-order chi connectivity index (χ1) is 12.4. The third kappa shape index (κ3) is 4.61. The Balaban J connectivity index is 0.00000243. The van der Waals surface area contributed by atoms with Crippen LogP contribution in [-0.2, 0) is 0 Å². The molecule has 0 nitrogen and oxygen atoms in total. The molecule has 0 aliphatic carbocycles. The fourth-order valence-electron chi connectivity index (χ4n) is 3.66. The van der Waals surface area contributed by atoms with E-state index in [-0.39, 0.29) is 12.4 Å². The summed E-state index contributed by atoms with van der Waals surface area (Å²) in [4.78, 5) is 0. The summed E-state index contributed by atoms with van der Waals surface area (Å²) in [5, 5.41) is 1.32. The SMILES string of the molecule is CCCCCC[As+](c1ccccc1)(c1ccccc1)c1ccccc1.[Cl-]. The van der Waals surface area contributed by atoms with Crippen molar-refractivity contribution in [2.45, 2.75) is 37.8 Å². The Kier molecular flexibility index (Phi) is 8.49. The molecule has 26 heavy (non-hydrogen) atoms. The first-order valence-corrected chi connectivity index (χ1v) is 13.6. The average molecular weight is 427 g/mol. The van der Waals surface area contributed by atoms with Crippen molar-refractivity contribution in [3.05, 3.63) is 91.0 Å². The fraction of sp³-hybridized carbons (Fsp3) is 0.250. The molecule has 0 aliphatic heterocycles. The average Bonchev–Trinajstić information content (AvgIpc) is 2.70. The Bertz CT molecular complexity index is 644. The van der Waals surface area contributed by atoms with Crippen LogP contribution in [0.15, 0.2) is 91.0 Å². The zero-order valence-electron chi connectivity index (χ0n) is 15.5. The monoisotopic (exact) mass is 426 g/mol. The van der Waals surface area contributed by atoms with E-state index >= 15 is 0 Å². The predicted octanol–water partition coefficient (Wildman–Crippen LogP) is 1.74. The van der Waals surface area contributed by atoms with Gasteiger partial charge in [-0.25, -0.2) is 0 Å². The summed E-state index contributed by atoms with van der Waals surface area (Å²) in [6, 6.07) is 33.9. The van der Waals surface area contributed by atoms with Gasteiger partial charge in [-0.15, -0.1) is 0 Å². The summed E-state index contributed by atoms with van der Waals surface area (Å²) in [5.41, 5.74) is 0. The van der Waals surface area contributed by atoms with Crippen molar-refractivity contribution in [3.63, 3.8) is 0 Å². The molecule has 2 heteroatoms. The number of rotatable bonds is 8. The minimum absolute atomic E-state index is 0. The molecule has 0 saturated heterocycles. The molecule has 0 amide bonds. The van der Waals surface area contributed by atoms with Crippen molar-refractivity contribution >= 4 is 26.6 Å². The summed E-state index contributed by atoms with van der Waals surface area (Å²) in [5.74, 6) is 0. The maximum absolute atomic E-state index is 2.43. The molecular formula is C24H28AsCl. The molecule has 0 N–H and O–H groups in total. The zero-order valence-corrected chi connectivity index (χ0v) is 18.2. The zero-order chi connectivity index (χ0) is 17.4. The van der Waals surface area contributed by atoms with Gasteiger partial charge in [-0.05, 0) is 0 Å². The second kappa shape index (κ2) is 10.6. The van der Waals surface area contributed by atoms with Gasteiger partial charge in [0.2, 0.25) is 0 Å². The molecule has 0 fully saturated rings. The van der Waals surface area contributed by atoms with E-state index in [1.165, 1.54) is 30.9 Å². The Morgan fingerprint density at radius 2 is 0.923 bits per heavy atom. The van der Waals surface area contributed by atoms with E-state index in [4.69, 9.17) is 0 Å². The molecule has 0 spiro atoms. The van der Waals surface area contributed by atoms with E-state index in [0.717, 1.165) is 0 Å². The summed E-state index contributed by atoms with van der Waals surface area (Å²) >= 11 is -2.43. The largest absolute Gasteiger partial charge is 1.00 e. The molecule has 0 aromatic heterocycles. The fourth-order valence-corrected chi connectivity index (χ4v) is 12.9. The molecule has 0 unspecified atom stereocenters. The quantitative estimate of drug-likeness (QED) is 0.380. The van der Waals surface area contributed by atoms with Crippen LogP contribution < -0.4 is 25.5 Å². The summed E-state index contributed by atoms with van der Waals surface area (Å²) in [7, 11) is 0. The number of hydrogen-bond donors (Lipinski definition) is 0. The van der Waals surface area contributed by atoms with Crippen molar-refractivity contribution in [2.75, 3.05) is 0 Å². The molecule has 0 heterocycles. The summed E-state index contributed by atoms with van der Waals surface area (Å²) < 4.78 is 4.69. The van der Waals surface area contributed by atoms with Crippen molar-refractivity contribution in [3.8, 4) is 0 Å². The van der Waals surface area contributed by atoms with Gasteiger partial charge in [0.1, 0.15) is 0 Å². The Morgan fingerprint density at radius 3 is 1.27 bits per heavy atom. The Morgan fingerprint density at radius 1 is 0.538 bits per heavy atom. The van der Waals surface area contributed by atoms with Crippen LogP contribution in [0.2, 0.25) is 5.21 Å². The second-order valence-corrected chi connectivity index (χ2v) is 14.2. The molecule has 0 atom stereocenters. The van der Waals surface area contributed by atoms with Gasteiger partial charge in [-0.1, -0.05) is 0 Å². The molecular weight excluding hydrogens is 399 g/mol. The van der Waals surface area contributed by atoms with Crippen LogP contribution in [0.25, 0.3) is 0 Å². The van der Waals surface area contributed by atoms with E-state index in [2.05, 4.69) is 97.9 Å². The molecule has 3 rings (SSSR count). The smallest absolute Gasteiger partial charge is 1.00 e. The van der Waals surface area contributed by atoms with Gasteiger partial charge < -0.3 is 12.4 Å². The summed E-state index contributed by atoms with van der Waals surface area (Å²) in [6.07, 6.45) is 5.29. The van der Waals surface area contributed by atoms with Crippen LogP contribution in [0.3, 0.4) is 0 Å². The van der Waals surface area contributed by atoms with E-state index in [9.17, 15) is 0 Å². The van der Waals surface area contributed by atoms with Crippen LogP contribution in [0.4, 0.5) is 0 Å². The van der Waals surface area contributed by atoms with Crippen molar-refractivity contribution < 1.29 is 12.4 Å². The maximum Gasteiger partial charge on any atom is -1.00 e. The molecule has 136 valence electrons. The van der Waals surface area contributed by atoms with E-state index in [1.807, 2.05) is 0 Å². The van der Waals surface area contributed by atoms with Gasteiger partial charge in [0.25, 0.3) is 0 Å². The topological polar surface area (TPSA) is 0 Å². The van der Waals surface area contributed by atoms with Crippen LogP contribution in [0, 0.1) is 0 Å². The van der Waals surface area contributed by atoms with Gasteiger partial charge in [-0.3, -0.25) is 0 Å². The molecule has 3 aromatic carbocycles. The summed E-state index contributed by atoms with van der Waals surface area (Å²) in [6.45, 7) is 2.29. The third-order valence-corrected chi connectivity index (χ3v) is 14.4. The van der Waals surface area contributed by atoms with Gasteiger partial charge in [0, 0.05) is 0 Å². The van der Waals surface area contributed by atoms with Crippen molar-refractivity contribution in [2.24, 2.45) is 0 Å². The molecule has 0 bridgehead atoms. The number of hydrogen-bond acceptors (Lipinski definition) is 0. The van der Waals surface area contributed by atoms with Crippen molar-refractivity contribution in [1.82, 2.24) is 0 Å². The van der Waals surface area contributed by atoms with Gasteiger partial charge in [0.15, 0.2) is 0 Å². The van der Waals surface area contributed by atoms with Crippen LogP contribution >= 0.6 is 0 Å². The first-order valence-electron chi connectivity index (χ1n) is 9.43. The molecule has 3 aromatic rings. The third-order valence-electron chi connectivity index (χ3n) is 4.94. The number of benzene rings is 3. The van der Waals surface area contributed by atoms with E-state index in [1.54, 1.807) is 13.1 Å².